The van der Waals surface area contributed by atoms with Gasteiger partial charge in [-0.25, -0.2) is 0 Å². The van der Waals surface area contributed by atoms with Crippen LogP contribution in [0.4, 0.5) is 0 Å². The molecular formula is C15H26N2O2. The zero-order chi connectivity index (χ0) is 13.1. The minimum absolute atomic E-state index is 0.0946. The van der Waals surface area contributed by atoms with E-state index in [1.165, 1.54) is 32.1 Å². The number of carbonyl (C=O) groups is 1. The summed E-state index contributed by atoms with van der Waals surface area (Å²) >= 11 is 0. The van der Waals surface area contributed by atoms with Crippen LogP contribution in [0.3, 0.4) is 0 Å². The SMILES string of the molecule is O=C(NC1CCNC2(CCCCC2)C1)C1CCOC1. The molecule has 0 aromatic heterocycles. The van der Waals surface area contributed by atoms with Crippen LogP contribution in [0.2, 0.25) is 0 Å². The molecule has 1 amide bonds. The van der Waals surface area contributed by atoms with Crippen LogP contribution >= 0.6 is 0 Å². The summed E-state index contributed by atoms with van der Waals surface area (Å²) in [5.41, 5.74) is 0.320. The quantitative estimate of drug-likeness (QED) is 0.798. The second-order valence-electron chi connectivity index (χ2n) is 6.53. The Morgan fingerprint density at radius 3 is 2.79 bits per heavy atom. The molecule has 0 aromatic carbocycles. The van der Waals surface area contributed by atoms with E-state index in [1.54, 1.807) is 0 Å². The molecule has 2 saturated heterocycles. The van der Waals surface area contributed by atoms with Crippen LogP contribution in [0.25, 0.3) is 0 Å². The van der Waals surface area contributed by atoms with Crippen molar-refractivity contribution in [2.24, 2.45) is 5.92 Å². The van der Waals surface area contributed by atoms with E-state index in [0.29, 0.717) is 18.2 Å². The van der Waals surface area contributed by atoms with E-state index in [2.05, 4.69) is 10.6 Å². The number of rotatable bonds is 2. The van der Waals surface area contributed by atoms with Crippen molar-refractivity contribution in [3.05, 3.63) is 0 Å². The Hall–Kier alpha value is -0.610. The van der Waals surface area contributed by atoms with Gasteiger partial charge < -0.3 is 15.4 Å². The van der Waals surface area contributed by atoms with Crippen molar-refractivity contribution < 1.29 is 9.53 Å². The molecular weight excluding hydrogens is 240 g/mol. The average Bonchev–Trinajstić information content (AvgIpc) is 2.93. The Bertz CT molecular complexity index is 315. The fourth-order valence-electron chi connectivity index (χ4n) is 3.95. The molecule has 0 radical (unpaired) electrons. The summed E-state index contributed by atoms with van der Waals surface area (Å²) in [6.07, 6.45) is 9.70. The highest BCUT2D eigenvalue weighted by atomic mass is 16.5. The highest BCUT2D eigenvalue weighted by molar-refractivity contribution is 5.79. The molecule has 3 fully saturated rings. The van der Waals surface area contributed by atoms with E-state index in [-0.39, 0.29) is 11.8 Å². The van der Waals surface area contributed by atoms with Crippen LogP contribution in [-0.2, 0) is 9.53 Å². The number of nitrogens with one attached hydrogen (secondary N) is 2. The lowest BCUT2D eigenvalue weighted by Crippen LogP contribution is -2.57. The Balaban J connectivity index is 1.54. The van der Waals surface area contributed by atoms with E-state index < -0.39 is 0 Å². The molecule has 0 bridgehead atoms. The molecule has 4 nitrogen and oxygen atoms in total. The summed E-state index contributed by atoms with van der Waals surface area (Å²) in [6, 6.07) is 0.368. The van der Waals surface area contributed by atoms with Crippen LogP contribution in [0.5, 0.6) is 0 Å². The predicted octanol–water partition coefficient (Wildman–Crippen LogP) is 1.59. The minimum atomic E-state index is 0.0946. The number of hydrogen-bond donors (Lipinski definition) is 2. The maximum Gasteiger partial charge on any atom is 0.225 e. The number of carbonyl (C=O) groups excluding carboxylic acids is 1. The Morgan fingerprint density at radius 2 is 2.05 bits per heavy atom. The van der Waals surface area contributed by atoms with Gasteiger partial charge in [0.15, 0.2) is 0 Å². The fraction of sp³-hybridized carbons (Fsp3) is 0.933. The molecule has 2 aliphatic heterocycles. The number of ether oxygens (including phenoxy) is 1. The normalized spacial score (nSPS) is 34.3. The third-order valence-corrected chi connectivity index (χ3v) is 5.09. The summed E-state index contributed by atoms with van der Waals surface area (Å²) in [5.74, 6) is 0.313. The van der Waals surface area contributed by atoms with Gasteiger partial charge in [-0.1, -0.05) is 19.3 Å². The highest BCUT2D eigenvalue weighted by Gasteiger charge is 2.38. The molecule has 2 atom stereocenters. The first-order valence-electron chi connectivity index (χ1n) is 7.91. The van der Waals surface area contributed by atoms with E-state index in [1.807, 2.05) is 0 Å². The van der Waals surface area contributed by atoms with Gasteiger partial charge in [-0.3, -0.25) is 4.79 Å². The molecule has 4 heteroatoms. The highest BCUT2D eigenvalue weighted by Crippen LogP contribution is 2.34. The van der Waals surface area contributed by atoms with Crippen molar-refractivity contribution >= 4 is 5.91 Å². The second kappa shape index (κ2) is 5.80. The maximum absolute atomic E-state index is 12.2. The third-order valence-electron chi connectivity index (χ3n) is 5.09. The summed E-state index contributed by atoms with van der Waals surface area (Å²) in [7, 11) is 0. The van der Waals surface area contributed by atoms with Crippen molar-refractivity contribution in [3.63, 3.8) is 0 Å². The topological polar surface area (TPSA) is 50.4 Å². The van der Waals surface area contributed by atoms with Gasteiger partial charge in [0.25, 0.3) is 0 Å². The third kappa shape index (κ3) is 3.11. The lowest BCUT2D eigenvalue weighted by molar-refractivity contribution is -0.126. The molecule has 2 N–H and O–H groups in total. The van der Waals surface area contributed by atoms with Crippen molar-refractivity contribution in [2.75, 3.05) is 19.8 Å². The van der Waals surface area contributed by atoms with Crippen LogP contribution in [0, 0.1) is 5.92 Å². The van der Waals surface area contributed by atoms with Gasteiger partial charge in [-0.05, 0) is 38.6 Å². The molecule has 19 heavy (non-hydrogen) atoms. The Kier molecular flexibility index (Phi) is 4.08. The van der Waals surface area contributed by atoms with Crippen molar-refractivity contribution in [3.8, 4) is 0 Å². The van der Waals surface area contributed by atoms with Gasteiger partial charge in [0.1, 0.15) is 0 Å². The lowest BCUT2D eigenvalue weighted by atomic mass is 9.75. The smallest absolute Gasteiger partial charge is 0.225 e. The van der Waals surface area contributed by atoms with Crippen molar-refractivity contribution in [1.82, 2.24) is 10.6 Å². The first-order valence-corrected chi connectivity index (χ1v) is 7.91. The van der Waals surface area contributed by atoms with Crippen molar-refractivity contribution in [2.45, 2.75) is 62.9 Å². The largest absolute Gasteiger partial charge is 0.381 e. The first kappa shape index (κ1) is 13.4. The molecule has 3 rings (SSSR count). The molecule has 2 heterocycles. The van der Waals surface area contributed by atoms with Gasteiger partial charge in [0, 0.05) is 18.2 Å². The molecule has 1 aliphatic carbocycles. The van der Waals surface area contributed by atoms with Crippen molar-refractivity contribution in [1.29, 1.82) is 0 Å². The predicted molar refractivity (Wildman–Crippen MR) is 73.9 cm³/mol. The summed E-state index contributed by atoms with van der Waals surface area (Å²) in [4.78, 5) is 12.2. The van der Waals surface area contributed by atoms with E-state index >= 15 is 0 Å². The second-order valence-corrected chi connectivity index (χ2v) is 6.53. The average molecular weight is 266 g/mol. The molecule has 1 saturated carbocycles. The van der Waals surface area contributed by atoms with Crippen LogP contribution in [-0.4, -0.2) is 37.2 Å². The van der Waals surface area contributed by atoms with Crippen LogP contribution < -0.4 is 10.6 Å². The van der Waals surface area contributed by atoms with Gasteiger partial charge in [-0.15, -0.1) is 0 Å². The molecule has 3 aliphatic rings. The maximum atomic E-state index is 12.2. The standard InChI is InChI=1S/C15H26N2O2/c18-14(12-5-9-19-11-12)17-13-4-8-16-15(10-13)6-2-1-3-7-15/h12-13,16H,1-11H2,(H,17,18). The number of piperidine rings is 1. The monoisotopic (exact) mass is 266 g/mol. The molecule has 1 spiro atoms. The molecule has 108 valence electrons. The van der Waals surface area contributed by atoms with E-state index in [9.17, 15) is 4.79 Å². The van der Waals surface area contributed by atoms with Crippen LogP contribution in [0.1, 0.15) is 51.4 Å². The number of hydrogen-bond acceptors (Lipinski definition) is 3. The Morgan fingerprint density at radius 1 is 1.21 bits per heavy atom. The van der Waals surface area contributed by atoms with Crippen LogP contribution in [0.15, 0.2) is 0 Å². The van der Waals surface area contributed by atoms with Gasteiger partial charge in [0.05, 0.1) is 12.5 Å². The first-order chi connectivity index (χ1) is 9.27. The van der Waals surface area contributed by atoms with Gasteiger partial charge in [0.2, 0.25) is 5.91 Å². The number of amides is 1. The molecule has 2 unspecified atom stereocenters. The van der Waals surface area contributed by atoms with Gasteiger partial charge >= 0.3 is 0 Å². The van der Waals surface area contributed by atoms with E-state index in [0.717, 1.165) is 32.4 Å². The summed E-state index contributed by atoms with van der Waals surface area (Å²) in [6.45, 7) is 2.41. The molecule has 0 aromatic rings. The summed E-state index contributed by atoms with van der Waals surface area (Å²) in [5, 5.41) is 7.00. The zero-order valence-electron chi connectivity index (χ0n) is 11.7. The minimum Gasteiger partial charge on any atom is -0.381 e. The summed E-state index contributed by atoms with van der Waals surface area (Å²) < 4.78 is 5.30. The van der Waals surface area contributed by atoms with E-state index in [4.69, 9.17) is 4.74 Å². The Labute approximate surface area is 115 Å². The fourth-order valence-corrected chi connectivity index (χ4v) is 3.95. The van der Waals surface area contributed by atoms with Gasteiger partial charge in [-0.2, -0.15) is 0 Å². The lowest BCUT2D eigenvalue weighted by Gasteiger charge is -2.45. The zero-order valence-corrected chi connectivity index (χ0v) is 11.7.